The molecule has 1 N–H and O–H groups in total. The van der Waals surface area contributed by atoms with Gasteiger partial charge in [0.15, 0.2) is 11.2 Å². The van der Waals surface area contributed by atoms with Crippen LogP contribution < -0.4 is 16.0 Å². The summed E-state index contributed by atoms with van der Waals surface area (Å²) in [6.45, 7) is 0.280. The van der Waals surface area contributed by atoms with Crippen LogP contribution in [0.25, 0.3) is 11.2 Å². The molecule has 0 saturated heterocycles. The third-order valence-corrected chi connectivity index (χ3v) is 5.20. The van der Waals surface area contributed by atoms with Gasteiger partial charge in [-0.25, -0.2) is 4.79 Å². The van der Waals surface area contributed by atoms with Crippen molar-refractivity contribution >= 4 is 22.8 Å². The fourth-order valence-electron chi connectivity index (χ4n) is 3.37. The predicted molar refractivity (Wildman–Crippen MR) is 118 cm³/mol. The molecule has 31 heavy (non-hydrogen) atoms. The molecule has 0 atom stereocenters. The Hall–Kier alpha value is -3.36. The molecule has 0 aliphatic carbocycles. The molecule has 0 unspecified atom stereocenters. The van der Waals surface area contributed by atoms with Crippen molar-refractivity contribution in [3.05, 3.63) is 86.0 Å². The van der Waals surface area contributed by atoms with Gasteiger partial charge in [0.2, 0.25) is 0 Å². The SMILES string of the molecule is Cn1c(=O)n(CCCO)c(=O)c2c1nc(Oc1ccccc1)n2Cc1ccc(Cl)cc1. The summed E-state index contributed by atoms with van der Waals surface area (Å²) in [6, 6.07) is 16.5. The van der Waals surface area contributed by atoms with Gasteiger partial charge in [-0.15, -0.1) is 0 Å². The second kappa shape index (κ2) is 8.79. The molecule has 160 valence electrons. The number of imidazole rings is 1. The van der Waals surface area contributed by atoms with Crippen LogP contribution in [-0.2, 0) is 20.1 Å². The first kappa shape index (κ1) is 20.9. The summed E-state index contributed by atoms with van der Waals surface area (Å²) in [4.78, 5) is 30.5. The number of hydrogen-bond donors (Lipinski definition) is 1. The lowest BCUT2D eigenvalue weighted by Gasteiger charge is -2.11. The molecule has 0 aliphatic rings. The Labute approximate surface area is 182 Å². The van der Waals surface area contributed by atoms with Crippen LogP contribution in [0.3, 0.4) is 0 Å². The summed E-state index contributed by atoms with van der Waals surface area (Å²) in [5, 5.41) is 9.76. The molecule has 0 spiro atoms. The second-order valence-corrected chi connectivity index (χ2v) is 7.51. The minimum Gasteiger partial charge on any atom is -0.425 e. The number of benzene rings is 2. The summed E-state index contributed by atoms with van der Waals surface area (Å²) in [6.07, 6.45) is 0.291. The Morgan fingerprint density at radius 2 is 1.74 bits per heavy atom. The van der Waals surface area contributed by atoms with Crippen LogP contribution in [0.2, 0.25) is 5.02 Å². The van der Waals surface area contributed by atoms with E-state index in [1.807, 2.05) is 30.3 Å². The van der Waals surface area contributed by atoms with E-state index >= 15 is 0 Å². The summed E-state index contributed by atoms with van der Waals surface area (Å²) in [7, 11) is 1.56. The molecular weight excluding hydrogens is 420 g/mol. The first-order valence-electron chi connectivity index (χ1n) is 9.78. The number of para-hydroxylation sites is 1. The lowest BCUT2D eigenvalue weighted by molar-refractivity contribution is 0.277. The van der Waals surface area contributed by atoms with Crippen LogP contribution >= 0.6 is 11.6 Å². The number of halogens is 1. The zero-order chi connectivity index (χ0) is 22.0. The first-order chi connectivity index (χ1) is 15.0. The van der Waals surface area contributed by atoms with E-state index in [0.29, 0.717) is 23.7 Å². The number of fused-ring (bicyclic) bond motifs is 1. The van der Waals surface area contributed by atoms with Crippen molar-refractivity contribution in [2.45, 2.75) is 19.5 Å². The fraction of sp³-hybridized carbons (Fsp3) is 0.227. The van der Waals surface area contributed by atoms with Crippen molar-refractivity contribution < 1.29 is 9.84 Å². The molecule has 0 radical (unpaired) electrons. The van der Waals surface area contributed by atoms with Gasteiger partial charge < -0.3 is 9.84 Å². The average molecular weight is 441 g/mol. The monoisotopic (exact) mass is 440 g/mol. The van der Waals surface area contributed by atoms with Crippen molar-refractivity contribution in [1.82, 2.24) is 18.7 Å². The van der Waals surface area contributed by atoms with E-state index in [1.165, 1.54) is 4.57 Å². The van der Waals surface area contributed by atoms with Gasteiger partial charge in [0.1, 0.15) is 5.75 Å². The van der Waals surface area contributed by atoms with Gasteiger partial charge in [-0.3, -0.25) is 18.5 Å². The third-order valence-electron chi connectivity index (χ3n) is 4.94. The molecule has 4 aromatic rings. The quantitative estimate of drug-likeness (QED) is 0.477. The number of nitrogens with zero attached hydrogens (tertiary/aromatic N) is 4. The number of aryl methyl sites for hydroxylation is 1. The van der Waals surface area contributed by atoms with Crippen LogP contribution in [0, 0.1) is 0 Å². The number of hydrogen-bond acceptors (Lipinski definition) is 5. The zero-order valence-corrected chi connectivity index (χ0v) is 17.6. The molecule has 2 heterocycles. The largest absolute Gasteiger partial charge is 0.425 e. The number of aliphatic hydroxyl groups excluding tert-OH is 1. The van der Waals surface area contributed by atoms with Gasteiger partial charge in [-0.1, -0.05) is 41.9 Å². The van der Waals surface area contributed by atoms with E-state index in [1.54, 1.807) is 35.9 Å². The number of aliphatic hydroxyl groups is 1. The van der Waals surface area contributed by atoms with Crippen molar-refractivity contribution in [2.75, 3.05) is 6.61 Å². The maximum absolute atomic E-state index is 13.3. The van der Waals surface area contributed by atoms with Gasteiger partial charge in [-0.2, -0.15) is 4.98 Å². The van der Waals surface area contributed by atoms with Crippen molar-refractivity contribution in [1.29, 1.82) is 0 Å². The Morgan fingerprint density at radius 1 is 1.03 bits per heavy atom. The Morgan fingerprint density at radius 3 is 2.42 bits per heavy atom. The third kappa shape index (κ3) is 4.12. The molecule has 0 fully saturated rings. The van der Waals surface area contributed by atoms with E-state index in [-0.39, 0.29) is 30.3 Å². The minimum atomic E-state index is -0.492. The highest BCUT2D eigenvalue weighted by atomic mass is 35.5. The summed E-state index contributed by atoms with van der Waals surface area (Å²) in [5.74, 6) is 0.556. The topological polar surface area (TPSA) is 91.3 Å². The van der Waals surface area contributed by atoms with Crippen LogP contribution in [0.4, 0.5) is 0 Å². The highest BCUT2D eigenvalue weighted by Crippen LogP contribution is 2.25. The molecule has 0 bridgehead atoms. The van der Waals surface area contributed by atoms with Gasteiger partial charge in [0, 0.05) is 25.2 Å². The highest BCUT2D eigenvalue weighted by molar-refractivity contribution is 6.30. The van der Waals surface area contributed by atoms with Crippen LogP contribution in [0.15, 0.2) is 64.2 Å². The van der Waals surface area contributed by atoms with E-state index in [4.69, 9.17) is 21.4 Å². The van der Waals surface area contributed by atoms with E-state index < -0.39 is 11.2 Å². The standard InChI is InChI=1S/C22H21ClN4O4/c1-25-19-18(20(29)26(22(25)30)12-5-13-28)27(14-15-8-10-16(23)11-9-15)21(24-19)31-17-6-3-2-4-7-17/h2-4,6-11,28H,5,12-14H2,1H3. The minimum absolute atomic E-state index is 0.110. The lowest BCUT2D eigenvalue weighted by Crippen LogP contribution is -2.39. The molecule has 8 nitrogen and oxygen atoms in total. The zero-order valence-electron chi connectivity index (χ0n) is 16.9. The van der Waals surface area contributed by atoms with Crippen LogP contribution in [0.1, 0.15) is 12.0 Å². The van der Waals surface area contributed by atoms with E-state index in [9.17, 15) is 9.59 Å². The van der Waals surface area contributed by atoms with E-state index in [2.05, 4.69) is 4.98 Å². The first-order valence-corrected chi connectivity index (χ1v) is 10.2. The number of rotatable bonds is 7. The molecule has 0 aliphatic heterocycles. The Bertz CT molecular complexity index is 1320. The fourth-order valence-corrected chi connectivity index (χ4v) is 3.49. The predicted octanol–water partition coefficient (Wildman–Crippen LogP) is 2.77. The smallest absolute Gasteiger partial charge is 0.332 e. The average Bonchev–Trinajstić information content (AvgIpc) is 3.12. The maximum Gasteiger partial charge on any atom is 0.332 e. The second-order valence-electron chi connectivity index (χ2n) is 7.07. The van der Waals surface area contributed by atoms with Crippen LogP contribution in [-0.4, -0.2) is 30.4 Å². The molecule has 2 aromatic heterocycles. The Kier molecular flexibility index (Phi) is 5.92. The molecule has 4 rings (SSSR count). The number of ether oxygens (including phenoxy) is 1. The van der Waals surface area contributed by atoms with Gasteiger partial charge in [0.05, 0.1) is 6.54 Å². The normalized spacial score (nSPS) is 11.2. The molecule has 9 heteroatoms. The molecule has 2 aromatic carbocycles. The van der Waals surface area contributed by atoms with Gasteiger partial charge in [-0.05, 0) is 36.2 Å². The van der Waals surface area contributed by atoms with Crippen molar-refractivity contribution in [2.24, 2.45) is 7.05 Å². The van der Waals surface area contributed by atoms with Gasteiger partial charge >= 0.3 is 11.7 Å². The highest BCUT2D eigenvalue weighted by Gasteiger charge is 2.21. The molecular formula is C22H21ClN4O4. The maximum atomic E-state index is 13.3. The lowest BCUT2D eigenvalue weighted by atomic mass is 10.2. The Balaban J connectivity index is 1.93. The summed E-state index contributed by atoms with van der Waals surface area (Å²) >= 11 is 6.00. The summed E-state index contributed by atoms with van der Waals surface area (Å²) < 4.78 is 10.1. The summed E-state index contributed by atoms with van der Waals surface area (Å²) in [5.41, 5.74) is 0.400. The molecule has 0 amide bonds. The number of aromatic nitrogens is 4. The van der Waals surface area contributed by atoms with E-state index in [0.717, 1.165) is 10.1 Å². The molecule has 0 saturated carbocycles. The van der Waals surface area contributed by atoms with Gasteiger partial charge in [0.25, 0.3) is 5.56 Å². The van der Waals surface area contributed by atoms with Crippen molar-refractivity contribution in [3.63, 3.8) is 0 Å². The van der Waals surface area contributed by atoms with Crippen molar-refractivity contribution in [3.8, 4) is 11.8 Å². The van der Waals surface area contributed by atoms with Crippen LogP contribution in [0.5, 0.6) is 11.8 Å².